The lowest BCUT2D eigenvalue weighted by atomic mass is 10.0. The molecule has 3 heterocycles. The lowest BCUT2D eigenvalue weighted by molar-refractivity contribution is -0.141. The molecule has 1 aromatic heterocycles. The Hall–Kier alpha value is -4.55. The number of benzene rings is 3. The van der Waals surface area contributed by atoms with Crippen LogP contribution in [0.2, 0.25) is 0 Å². The number of nitrogens with zero attached hydrogens (tertiary/aromatic N) is 4. The van der Waals surface area contributed by atoms with Crippen molar-refractivity contribution in [3.8, 4) is 0 Å². The predicted octanol–water partition coefficient (Wildman–Crippen LogP) is 3.13. The van der Waals surface area contributed by atoms with E-state index in [1.807, 2.05) is 55.5 Å². The number of ether oxygens (including phenoxy) is 1. The average molecular weight is 630 g/mol. The SMILES string of the molecule is Cc1ccccc1CCN(C(=O)CN1C(=O)c2ccccc2S1(=O)=O)C(C(=O)NCC1CCCO1)c1nc2ccccc2n1C. The largest absolute Gasteiger partial charge is 0.376 e. The summed E-state index contributed by atoms with van der Waals surface area (Å²) in [4.78, 5) is 47.7. The Kier molecular flexibility index (Phi) is 8.43. The number of imidazole rings is 1. The number of aromatic nitrogens is 2. The van der Waals surface area contributed by atoms with E-state index in [0.29, 0.717) is 28.7 Å². The number of sulfonamides is 1. The van der Waals surface area contributed by atoms with Crippen LogP contribution < -0.4 is 5.32 Å². The van der Waals surface area contributed by atoms with Gasteiger partial charge in [-0.25, -0.2) is 17.7 Å². The van der Waals surface area contributed by atoms with Gasteiger partial charge in [-0.2, -0.15) is 0 Å². The van der Waals surface area contributed by atoms with Gasteiger partial charge in [-0.15, -0.1) is 0 Å². The number of fused-ring (bicyclic) bond motifs is 2. The monoisotopic (exact) mass is 629 g/mol. The van der Waals surface area contributed by atoms with Gasteiger partial charge in [0.15, 0.2) is 6.04 Å². The minimum atomic E-state index is -4.26. The van der Waals surface area contributed by atoms with Crippen LogP contribution >= 0.6 is 0 Å². The summed E-state index contributed by atoms with van der Waals surface area (Å²) in [6.07, 6.45) is 1.95. The van der Waals surface area contributed by atoms with Gasteiger partial charge in [0.25, 0.3) is 21.8 Å². The zero-order valence-electron chi connectivity index (χ0n) is 25.2. The van der Waals surface area contributed by atoms with E-state index >= 15 is 0 Å². The first-order chi connectivity index (χ1) is 21.7. The molecule has 0 aliphatic carbocycles. The molecule has 1 saturated heterocycles. The second-order valence-electron chi connectivity index (χ2n) is 11.4. The van der Waals surface area contributed by atoms with Gasteiger partial charge in [-0.3, -0.25) is 14.4 Å². The third kappa shape index (κ3) is 5.83. The molecule has 4 aromatic rings. The molecule has 45 heavy (non-hydrogen) atoms. The average Bonchev–Trinajstić information content (AvgIpc) is 3.73. The molecule has 0 saturated carbocycles. The van der Waals surface area contributed by atoms with E-state index in [4.69, 9.17) is 9.72 Å². The zero-order valence-corrected chi connectivity index (χ0v) is 26.0. The highest BCUT2D eigenvalue weighted by Gasteiger charge is 2.44. The van der Waals surface area contributed by atoms with Gasteiger partial charge >= 0.3 is 0 Å². The van der Waals surface area contributed by atoms with Crippen molar-refractivity contribution in [1.82, 2.24) is 24.1 Å². The van der Waals surface area contributed by atoms with Crippen molar-refractivity contribution < 1.29 is 27.5 Å². The Bertz CT molecular complexity index is 1880. The van der Waals surface area contributed by atoms with E-state index in [-0.39, 0.29) is 29.7 Å². The van der Waals surface area contributed by atoms with Crippen molar-refractivity contribution in [2.24, 2.45) is 7.05 Å². The molecule has 234 valence electrons. The van der Waals surface area contributed by atoms with Crippen LogP contribution in [0, 0.1) is 6.92 Å². The maximum absolute atomic E-state index is 14.3. The van der Waals surface area contributed by atoms with Crippen LogP contribution in [0.3, 0.4) is 0 Å². The van der Waals surface area contributed by atoms with Gasteiger partial charge in [0.1, 0.15) is 17.3 Å². The van der Waals surface area contributed by atoms with Crippen LogP contribution in [0.25, 0.3) is 11.0 Å². The fourth-order valence-corrected chi connectivity index (χ4v) is 7.57. The fraction of sp³-hybridized carbons (Fsp3) is 0.333. The maximum atomic E-state index is 14.3. The first kappa shape index (κ1) is 30.5. The second kappa shape index (κ2) is 12.4. The molecular formula is C33H35N5O6S. The predicted molar refractivity (Wildman–Crippen MR) is 167 cm³/mol. The third-order valence-electron chi connectivity index (χ3n) is 8.55. The summed E-state index contributed by atoms with van der Waals surface area (Å²) in [6.45, 7) is 2.15. The Morgan fingerprint density at radius 1 is 1.07 bits per heavy atom. The normalized spacial score (nSPS) is 17.8. The van der Waals surface area contributed by atoms with Crippen molar-refractivity contribution in [3.05, 3.63) is 95.3 Å². The Morgan fingerprint density at radius 2 is 1.80 bits per heavy atom. The summed E-state index contributed by atoms with van der Waals surface area (Å²) in [5.74, 6) is -1.63. The molecule has 11 nitrogen and oxygen atoms in total. The van der Waals surface area contributed by atoms with E-state index in [1.165, 1.54) is 23.1 Å². The van der Waals surface area contributed by atoms with Gasteiger partial charge in [-0.1, -0.05) is 48.5 Å². The highest BCUT2D eigenvalue weighted by atomic mass is 32.2. The Balaban J connectivity index is 1.39. The Morgan fingerprint density at radius 3 is 2.53 bits per heavy atom. The number of amides is 3. The summed E-state index contributed by atoms with van der Waals surface area (Å²) in [7, 11) is -2.48. The summed E-state index contributed by atoms with van der Waals surface area (Å²) in [6, 6.07) is 19.8. The standard InChI is InChI=1S/C33H35N5O6S/c1-22-10-3-4-11-23(22)17-18-37(29(39)21-38-33(41)25-13-5-8-16-28(25)45(38,42)43)30(32(40)34-20-24-12-9-19-44-24)31-35-26-14-6-7-15-27(26)36(31)2/h3-8,10-11,13-16,24,30H,9,12,17-21H2,1-2H3,(H,34,40). The quantitative estimate of drug-likeness (QED) is 0.285. The summed E-state index contributed by atoms with van der Waals surface area (Å²) >= 11 is 0. The zero-order chi connectivity index (χ0) is 31.7. The van der Waals surface area contributed by atoms with Crippen LogP contribution in [0.5, 0.6) is 0 Å². The topological polar surface area (TPSA) is 131 Å². The molecule has 0 spiro atoms. The number of aryl methyl sites for hydroxylation is 2. The molecule has 2 aliphatic rings. The maximum Gasteiger partial charge on any atom is 0.269 e. The molecular weight excluding hydrogens is 594 g/mol. The molecule has 0 radical (unpaired) electrons. The third-order valence-corrected chi connectivity index (χ3v) is 10.3. The van der Waals surface area contributed by atoms with Gasteiger partial charge in [0.05, 0.1) is 22.7 Å². The molecule has 12 heteroatoms. The number of nitrogens with one attached hydrogen (secondary N) is 1. The number of hydrogen-bond donors (Lipinski definition) is 1. The Labute approximate surface area is 261 Å². The highest BCUT2D eigenvalue weighted by Crippen LogP contribution is 2.31. The van der Waals surface area contributed by atoms with Crippen molar-refractivity contribution in [1.29, 1.82) is 0 Å². The van der Waals surface area contributed by atoms with Crippen LogP contribution in [-0.4, -0.2) is 77.2 Å². The molecule has 2 atom stereocenters. The lowest BCUT2D eigenvalue weighted by Gasteiger charge is -2.32. The van der Waals surface area contributed by atoms with Crippen LogP contribution in [-0.2, 0) is 37.8 Å². The van der Waals surface area contributed by atoms with Crippen molar-refractivity contribution in [2.45, 2.75) is 43.2 Å². The number of rotatable bonds is 10. The minimum absolute atomic E-state index is 0.0120. The van der Waals surface area contributed by atoms with Crippen LogP contribution in [0.1, 0.15) is 46.2 Å². The van der Waals surface area contributed by atoms with Gasteiger partial charge < -0.3 is 19.5 Å². The van der Waals surface area contributed by atoms with E-state index in [0.717, 1.165) is 29.5 Å². The van der Waals surface area contributed by atoms with E-state index < -0.39 is 40.3 Å². The summed E-state index contributed by atoms with van der Waals surface area (Å²) in [5.41, 5.74) is 3.41. The number of hydrogen-bond acceptors (Lipinski definition) is 7. The first-order valence-electron chi connectivity index (χ1n) is 15.0. The van der Waals surface area contributed by atoms with Gasteiger partial charge in [-0.05, 0) is 61.6 Å². The molecule has 2 unspecified atom stereocenters. The fourth-order valence-electron chi connectivity index (χ4n) is 6.05. The smallest absolute Gasteiger partial charge is 0.269 e. The van der Waals surface area contributed by atoms with Crippen molar-refractivity contribution in [2.75, 3.05) is 26.2 Å². The summed E-state index contributed by atoms with van der Waals surface area (Å²) < 4.78 is 34.9. The number of para-hydroxylation sites is 2. The molecule has 0 bridgehead atoms. The van der Waals surface area contributed by atoms with E-state index in [9.17, 15) is 22.8 Å². The number of carbonyl (C=O) groups excluding carboxylic acids is 3. The first-order valence-corrected chi connectivity index (χ1v) is 16.4. The molecule has 2 aliphatic heterocycles. The molecule has 1 fully saturated rings. The number of carbonyl (C=O) groups is 3. The van der Waals surface area contributed by atoms with Crippen LogP contribution in [0.4, 0.5) is 0 Å². The van der Waals surface area contributed by atoms with Gasteiger partial charge in [0.2, 0.25) is 5.91 Å². The molecule has 6 rings (SSSR count). The highest BCUT2D eigenvalue weighted by molar-refractivity contribution is 7.90. The van der Waals surface area contributed by atoms with E-state index in [2.05, 4.69) is 5.32 Å². The second-order valence-corrected chi connectivity index (χ2v) is 13.2. The van der Waals surface area contributed by atoms with Crippen LogP contribution in [0.15, 0.2) is 77.7 Å². The molecule has 1 N–H and O–H groups in total. The summed E-state index contributed by atoms with van der Waals surface area (Å²) in [5, 5.41) is 2.96. The van der Waals surface area contributed by atoms with E-state index in [1.54, 1.807) is 17.7 Å². The lowest BCUT2D eigenvalue weighted by Crippen LogP contribution is -2.50. The molecule has 3 amide bonds. The minimum Gasteiger partial charge on any atom is -0.376 e. The van der Waals surface area contributed by atoms with Gasteiger partial charge in [0, 0.05) is 26.7 Å². The van der Waals surface area contributed by atoms with Crippen molar-refractivity contribution in [3.63, 3.8) is 0 Å². The van der Waals surface area contributed by atoms with Crippen molar-refractivity contribution >= 4 is 38.8 Å². The molecule has 3 aromatic carbocycles.